The Bertz CT molecular complexity index is 421. The minimum Gasteiger partial charge on any atom is -0.360 e. The van der Waals surface area contributed by atoms with Crippen molar-refractivity contribution >= 4 is 17.3 Å². The van der Waals surface area contributed by atoms with Crippen molar-refractivity contribution < 1.29 is 0 Å². The highest BCUT2D eigenvalue weighted by molar-refractivity contribution is 7.80. The first-order valence-electron chi connectivity index (χ1n) is 7.85. The molecule has 2 N–H and O–H groups in total. The van der Waals surface area contributed by atoms with Crippen molar-refractivity contribution in [1.82, 2.24) is 10.6 Å². The number of benzene rings is 1. The molecule has 0 spiro atoms. The number of rotatable bonds is 5. The Balaban J connectivity index is 1.83. The molecule has 1 unspecified atom stereocenters. The van der Waals surface area contributed by atoms with Gasteiger partial charge in [-0.05, 0) is 49.5 Å². The van der Waals surface area contributed by atoms with Gasteiger partial charge in [0.05, 0.1) is 6.04 Å². The van der Waals surface area contributed by atoms with Crippen molar-refractivity contribution in [2.45, 2.75) is 64.5 Å². The molecule has 0 amide bonds. The Kier molecular flexibility index (Phi) is 5.84. The summed E-state index contributed by atoms with van der Waals surface area (Å²) in [6.07, 6.45) is 7.51. The average molecular weight is 290 g/mol. The van der Waals surface area contributed by atoms with Gasteiger partial charge >= 0.3 is 0 Å². The van der Waals surface area contributed by atoms with E-state index in [1.165, 1.54) is 43.2 Å². The Hall–Kier alpha value is -1.09. The molecule has 1 atom stereocenters. The fourth-order valence-corrected chi connectivity index (χ4v) is 3.18. The number of hydrogen-bond donors (Lipinski definition) is 2. The van der Waals surface area contributed by atoms with Crippen LogP contribution in [0.4, 0.5) is 0 Å². The maximum absolute atomic E-state index is 5.41. The fraction of sp³-hybridized carbons (Fsp3) is 0.588. The predicted octanol–water partition coefficient (Wildman–Crippen LogP) is 4.11. The molecule has 0 bridgehead atoms. The van der Waals surface area contributed by atoms with Crippen molar-refractivity contribution in [3.05, 3.63) is 35.4 Å². The van der Waals surface area contributed by atoms with Crippen LogP contribution in [0.1, 0.15) is 63.1 Å². The summed E-state index contributed by atoms with van der Waals surface area (Å²) in [4.78, 5) is 0. The first-order valence-corrected chi connectivity index (χ1v) is 8.25. The zero-order valence-corrected chi connectivity index (χ0v) is 13.4. The molecule has 1 saturated carbocycles. The Morgan fingerprint density at radius 2 is 1.90 bits per heavy atom. The maximum atomic E-state index is 5.41. The Morgan fingerprint density at radius 3 is 2.50 bits per heavy atom. The molecule has 2 nitrogen and oxygen atoms in total. The average Bonchev–Trinajstić information content (AvgIpc) is 2.92. The van der Waals surface area contributed by atoms with E-state index in [1.807, 2.05) is 0 Å². The molecule has 0 saturated heterocycles. The molecule has 1 aliphatic rings. The first-order chi connectivity index (χ1) is 9.69. The molecule has 0 aliphatic heterocycles. The quantitative estimate of drug-likeness (QED) is 0.798. The van der Waals surface area contributed by atoms with E-state index in [9.17, 15) is 0 Å². The zero-order chi connectivity index (χ0) is 14.4. The van der Waals surface area contributed by atoms with Gasteiger partial charge in [-0.2, -0.15) is 0 Å². The van der Waals surface area contributed by atoms with Crippen LogP contribution in [0.25, 0.3) is 0 Å². The van der Waals surface area contributed by atoms with Gasteiger partial charge in [0, 0.05) is 6.04 Å². The van der Waals surface area contributed by atoms with Gasteiger partial charge in [0.25, 0.3) is 0 Å². The van der Waals surface area contributed by atoms with E-state index in [0.29, 0.717) is 6.04 Å². The van der Waals surface area contributed by atoms with Crippen LogP contribution in [-0.4, -0.2) is 11.2 Å². The van der Waals surface area contributed by atoms with Gasteiger partial charge in [-0.25, -0.2) is 0 Å². The highest BCUT2D eigenvalue weighted by atomic mass is 32.1. The van der Waals surface area contributed by atoms with Gasteiger partial charge in [-0.3, -0.25) is 0 Å². The van der Waals surface area contributed by atoms with E-state index in [1.54, 1.807) is 0 Å². The molecule has 0 heterocycles. The lowest BCUT2D eigenvalue weighted by atomic mass is 10.0. The summed E-state index contributed by atoms with van der Waals surface area (Å²) in [5.41, 5.74) is 2.70. The van der Waals surface area contributed by atoms with Gasteiger partial charge in [0.15, 0.2) is 5.11 Å². The molecule has 1 aliphatic carbocycles. The van der Waals surface area contributed by atoms with Gasteiger partial charge in [0.2, 0.25) is 0 Å². The Labute approximate surface area is 128 Å². The Morgan fingerprint density at radius 1 is 1.25 bits per heavy atom. The summed E-state index contributed by atoms with van der Waals surface area (Å²) in [5.74, 6) is 0. The van der Waals surface area contributed by atoms with Crippen molar-refractivity contribution in [3.8, 4) is 0 Å². The van der Waals surface area contributed by atoms with Crippen LogP contribution < -0.4 is 10.6 Å². The van der Waals surface area contributed by atoms with Crippen molar-refractivity contribution in [3.63, 3.8) is 0 Å². The predicted molar refractivity (Wildman–Crippen MR) is 90.0 cm³/mol. The lowest BCUT2D eigenvalue weighted by molar-refractivity contribution is 0.605. The van der Waals surface area contributed by atoms with Crippen molar-refractivity contribution in [2.24, 2.45) is 0 Å². The minimum absolute atomic E-state index is 0.257. The van der Waals surface area contributed by atoms with Crippen LogP contribution >= 0.6 is 12.2 Å². The second kappa shape index (κ2) is 7.63. The fourth-order valence-electron chi connectivity index (χ4n) is 2.84. The van der Waals surface area contributed by atoms with E-state index in [2.05, 4.69) is 48.7 Å². The van der Waals surface area contributed by atoms with Crippen LogP contribution in [0.15, 0.2) is 24.3 Å². The van der Waals surface area contributed by atoms with Crippen molar-refractivity contribution in [1.29, 1.82) is 0 Å². The van der Waals surface area contributed by atoms with E-state index in [4.69, 9.17) is 12.2 Å². The summed E-state index contributed by atoms with van der Waals surface area (Å²) >= 11 is 5.41. The normalized spacial score (nSPS) is 16.9. The summed E-state index contributed by atoms with van der Waals surface area (Å²) < 4.78 is 0. The van der Waals surface area contributed by atoms with Crippen molar-refractivity contribution in [2.75, 3.05) is 0 Å². The molecule has 3 heteroatoms. The topological polar surface area (TPSA) is 24.1 Å². The lowest BCUT2D eigenvalue weighted by Gasteiger charge is -2.20. The van der Waals surface area contributed by atoms with E-state index in [0.717, 1.165) is 11.5 Å². The van der Waals surface area contributed by atoms with Gasteiger partial charge in [-0.1, -0.05) is 50.5 Å². The molecule has 1 aromatic carbocycles. The SMILES string of the molecule is CCCc1ccc(C(C)NC(=S)NC2CCCC2)cc1. The van der Waals surface area contributed by atoms with Crippen LogP contribution in [0.2, 0.25) is 0 Å². The summed E-state index contributed by atoms with van der Waals surface area (Å²) in [7, 11) is 0. The number of hydrogen-bond acceptors (Lipinski definition) is 1. The van der Waals surface area contributed by atoms with Gasteiger partial charge < -0.3 is 10.6 Å². The molecule has 2 rings (SSSR count). The van der Waals surface area contributed by atoms with E-state index < -0.39 is 0 Å². The third-order valence-corrected chi connectivity index (χ3v) is 4.29. The summed E-state index contributed by atoms with van der Waals surface area (Å²) in [5, 5.41) is 7.62. The van der Waals surface area contributed by atoms with E-state index in [-0.39, 0.29) is 6.04 Å². The standard InChI is InChI=1S/C17H26N2S/c1-3-6-14-9-11-15(12-10-14)13(2)18-17(20)19-16-7-4-5-8-16/h9-13,16H,3-8H2,1-2H3,(H2,18,19,20). The highest BCUT2D eigenvalue weighted by Crippen LogP contribution is 2.18. The monoisotopic (exact) mass is 290 g/mol. The molecule has 1 fully saturated rings. The van der Waals surface area contributed by atoms with Crippen LogP contribution in [0.5, 0.6) is 0 Å². The molecule has 1 aromatic rings. The largest absolute Gasteiger partial charge is 0.360 e. The summed E-state index contributed by atoms with van der Waals surface area (Å²) in [6.45, 7) is 4.38. The molecular formula is C17H26N2S. The van der Waals surface area contributed by atoms with Crippen LogP contribution in [0, 0.1) is 0 Å². The molecular weight excluding hydrogens is 264 g/mol. The van der Waals surface area contributed by atoms with Crippen LogP contribution in [-0.2, 0) is 6.42 Å². The third kappa shape index (κ3) is 4.48. The maximum Gasteiger partial charge on any atom is 0.166 e. The number of thiocarbonyl (C=S) groups is 1. The highest BCUT2D eigenvalue weighted by Gasteiger charge is 2.16. The number of nitrogens with one attached hydrogen (secondary N) is 2. The third-order valence-electron chi connectivity index (χ3n) is 4.06. The molecule has 110 valence electrons. The van der Waals surface area contributed by atoms with Gasteiger partial charge in [-0.15, -0.1) is 0 Å². The van der Waals surface area contributed by atoms with Crippen LogP contribution in [0.3, 0.4) is 0 Å². The first kappa shape index (κ1) is 15.3. The van der Waals surface area contributed by atoms with E-state index >= 15 is 0 Å². The zero-order valence-electron chi connectivity index (χ0n) is 12.6. The van der Waals surface area contributed by atoms with Gasteiger partial charge in [0.1, 0.15) is 0 Å². The molecule has 0 aromatic heterocycles. The summed E-state index contributed by atoms with van der Waals surface area (Å²) in [6, 6.07) is 9.71. The molecule has 20 heavy (non-hydrogen) atoms. The minimum atomic E-state index is 0.257. The second-order valence-corrected chi connectivity index (χ2v) is 6.22. The molecule has 0 radical (unpaired) electrons. The lowest BCUT2D eigenvalue weighted by Crippen LogP contribution is -2.41. The number of aryl methyl sites for hydroxylation is 1. The second-order valence-electron chi connectivity index (χ2n) is 5.81. The smallest absolute Gasteiger partial charge is 0.166 e.